The molecule has 0 spiro atoms. The minimum absolute atomic E-state index is 0.152. The van der Waals surface area contributed by atoms with Gasteiger partial charge in [0.25, 0.3) is 0 Å². The maximum atomic E-state index is 12.9. The molecule has 0 radical (unpaired) electrons. The summed E-state index contributed by atoms with van der Waals surface area (Å²) < 4.78 is 5.92. The fraction of sp³-hybridized carbons (Fsp3) is 0.417. The number of hydrogen-bond acceptors (Lipinski definition) is 6. The largest absolute Gasteiger partial charge is 0.368 e. The Hall–Kier alpha value is -3.26. The fourth-order valence-corrected chi connectivity index (χ4v) is 4.45. The summed E-state index contributed by atoms with van der Waals surface area (Å²) in [7, 11) is 0. The molecule has 3 aromatic heterocycles. The van der Waals surface area contributed by atoms with E-state index < -0.39 is 0 Å². The molecule has 1 saturated heterocycles. The normalized spacial score (nSPS) is 18.2. The van der Waals surface area contributed by atoms with E-state index in [1.165, 1.54) is 24.1 Å². The van der Waals surface area contributed by atoms with Crippen molar-refractivity contribution in [3.05, 3.63) is 65.4 Å². The second kappa shape index (κ2) is 9.48. The first kappa shape index (κ1) is 20.6. The van der Waals surface area contributed by atoms with Crippen LogP contribution >= 0.6 is 0 Å². The van der Waals surface area contributed by atoms with Crippen LogP contribution in [0.2, 0.25) is 0 Å². The van der Waals surface area contributed by atoms with E-state index in [9.17, 15) is 4.79 Å². The molecule has 1 atom stereocenters. The van der Waals surface area contributed by atoms with Crippen LogP contribution in [0.15, 0.2) is 42.7 Å². The van der Waals surface area contributed by atoms with Crippen molar-refractivity contribution in [2.75, 3.05) is 25.0 Å². The number of carbonyl (C=O) groups is 1. The topological polar surface area (TPSA) is 96.0 Å². The van der Waals surface area contributed by atoms with Gasteiger partial charge in [0.05, 0.1) is 36.4 Å². The molecular weight excluding hydrogens is 404 g/mol. The van der Waals surface area contributed by atoms with Crippen molar-refractivity contribution in [3.63, 3.8) is 0 Å². The zero-order valence-corrected chi connectivity index (χ0v) is 18.1. The number of pyridine rings is 2. The molecule has 0 saturated carbocycles. The van der Waals surface area contributed by atoms with Crippen molar-refractivity contribution in [1.82, 2.24) is 25.1 Å². The molecule has 4 heterocycles. The van der Waals surface area contributed by atoms with Crippen LogP contribution in [0.25, 0.3) is 0 Å². The van der Waals surface area contributed by atoms with Gasteiger partial charge in [-0.2, -0.15) is 5.10 Å². The van der Waals surface area contributed by atoms with Crippen LogP contribution in [0.3, 0.4) is 0 Å². The van der Waals surface area contributed by atoms with Gasteiger partial charge < -0.3 is 15.0 Å². The van der Waals surface area contributed by atoms with Gasteiger partial charge in [-0.15, -0.1) is 0 Å². The molecule has 8 nitrogen and oxygen atoms in total. The Balaban J connectivity index is 1.17. The molecule has 1 aliphatic carbocycles. The number of nitrogens with zero attached hydrogens (tertiary/aromatic N) is 4. The number of carbonyl (C=O) groups excluding carboxylic acids is 1. The number of aromatic nitrogens is 4. The number of ether oxygens (including phenoxy) is 1. The van der Waals surface area contributed by atoms with Crippen molar-refractivity contribution >= 4 is 17.4 Å². The third kappa shape index (κ3) is 4.65. The van der Waals surface area contributed by atoms with Gasteiger partial charge in [-0.05, 0) is 55.5 Å². The second-order valence-corrected chi connectivity index (χ2v) is 8.35. The molecule has 166 valence electrons. The lowest BCUT2D eigenvalue weighted by Crippen LogP contribution is -2.42. The average molecular weight is 433 g/mol. The van der Waals surface area contributed by atoms with Crippen molar-refractivity contribution < 1.29 is 9.53 Å². The van der Waals surface area contributed by atoms with Gasteiger partial charge in [0.1, 0.15) is 11.9 Å². The van der Waals surface area contributed by atoms with Gasteiger partial charge in [0, 0.05) is 31.3 Å². The van der Waals surface area contributed by atoms with E-state index in [0.717, 1.165) is 35.7 Å². The highest BCUT2D eigenvalue weighted by Crippen LogP contribution is 2.25. The van der Waals surface area contributed by atoms with Gasteiger partial charge in [-0.1, -0.05) is 6.07 Å². The summed E-state index contributed by atoms with van der Waals surface area (Å²) in [5.74, 6) is 0.921. The van der Waals surface area contributed by atoms with Crippen LogP contribution in [0.5, 0.6) is 0 Å². The first-order chi connectivity index (χ1) is 15.8. The standard InChI is InChI=1S/C24H28N6O2/c31-24(11-10-20-18-5-1-2-6-19(18)28-29-20)30-13-14-32-22(16-30)21-9-8-17(15-26-21)27-23-7-3-4-12-25-23/h3-4,7-9,12,15,22H,1-2,5-6,10-11,13-14,16H2,(H,25,27)(H,28,29)/t22-/m1/s1. The Morgan fingerprint density at radius 2 is 2.12 bits per heavy atom. The Morgan fingerprint density at radius 3 is 2.97 bits per heavy atom. The van der Waals surface area contributed by atoms with Crippen LogP contribution in [0, 0.1) is 0 Å². The molecule has 2 aliphatic rings. The van der Waals surface area contributed by atoms with Crippen molar-refractivity contribution in [2.24, 2.45) is 0 Å². The summed E-state index contributed by atoms with van der Waals surface area (Å²) in [5, 5.41) is 10.9. The maximum absolute atomic E-state index is 12.9. The number of anilines is 2. The summed E-state index contributed by atoms with van der Waals surface area (Å²) in [6.07, 6.45) is 9.05. The lowest BCUT2D eigenvalue weighted by atomic mass is 9.94. The van der Waals surface area contributed by atoms with Gasteiger partial charge in [0.2, 0.25) is 5.91 Å². The number of amides is 1. The van der Waals surface area contributed by atoms with Crippen LogP contribution in [-0.2, 0) is 28.8 Å². The lowest BCUT2D eigenvalue weighted by molar-refractivity contribution is -0.139. The number of H-pyrrole nitrogens is 1. The summed E-state index contributed by atoms with van der Waals surface area (Å²) in [6.45, 7) is 1.66. The third-order valence-electron chi connectivity index (χ3n) is 6.19. The number of rotatable bonds is 6. The predicted molar refractivity (Wildman–Crippen MR) is 121 cm³/mol. The molecule has 1 fully saturated rings. The van der Waals surface area contributed by atoms with E-state index in [4.69, 9.17) is 4.74 Å². The summed E-state index contributed by atoms with van der Waals surface area (Å²) in [6, 6.07) is 9.62. The summed E-state index contributed by atoms with van der Waals surface area (Å²) in [4.78, 5) is 23.6. The zero-order valence-electron chi connectivity index (χ0n) is 18.1. The minimum atomic E-state index is -0.213. The first-order valence-electron chi connectivity index (χ1n) is 11.3. The molecule has 32 heavy (non-hydrogen) atoms. The van der Waals surface area contributed by atoms with Crippen LogP contribution < -0.4 is 5.32 Å². The van der Waals surface area contributed by atoms with Gasteiger partial charge in [0.15, 0.2) is 0 Å². The Labute approximate surface area is 187 Å². The highest BCUT2D eigenvalue weighted by Gasteiger charge is 2.26. The number of fused-ring (bicyclic) bond motifs is 1. The fourth-order valence-electron chi connectivity index (χ4n) is 4.45. The van der Waals surface area contributed by atoms with Gasteiger partial charge in [-0.3, -0.25) is 14.9 Å². The summed E-state index contributed by atoms with van der Waals surface area (Å²) in [5.41, 5.74) is 5.36. The van der Waals surface area contributed by atoms with Crippen molar-refractivity contribution in [3.8, 4) is 0 Å². The maximum Gasteiger partial charge on any atom is 0.223 e. The highest BCUT2D eigenvalue weighted by molar-refractivity contribution is 5.76. The quantitative estimate of drug-likeness (QED) is 0.620. The smallest absolute Gasteiger partial charge is 0.223 e. The number of hydrogen-bond donors (Lipinski definition) is 2. The zero-order chi connectivity index (χ0) is 21.8. The molecule has 2 N–H and O–H groups in total. The monoisotopic (exact) mass is 432 g/mol. The molecule has 5 rings (SSSR count). The SMILES string of the molecule is O=C(CCc1n[nH]c2c1CCCC2)N1CCO[C@@H](c2ccc(Nc3ccccn3)cn2)C1. The molecule has 0 aromatic carbocycles. The Kier molecular flexibility index (Phi) is 6.11. The number of morpholine rings is 1. The molecule has 0 bridgehead atoms. The number of nitrogens with one attached hydrogen (secondary N) is 2. The van der Waals surface area contributed by atoms with E-state index in [-0.39, 0.29) is 12.0 Å². The first-order valence-corrected chi connectivity index (χ1v) is 11.3. The molecule has 3 aromatic rings. The van der Waals surface area contributed by atoms with E-state index in [1.54, 1.807) is 12.4 Å². The number of aryl methyl sites for hydroxylation is 2. The van der Waals surface area contributed by atoms with Crippen LogP contribution in [0.1, 0.15) is 48.0 Å². The second-order valence-electron chi connectivity index (χ2n) is 8.35. The van der Waals surface area contributed by atoms with Crippen molar-refractivity contribution in [2.45, 2.75) is 44.6 Å². The summed E-state index contributed by atoms with van der Waals surface area (Å²) >= 11 is 0. The van der Waals surface area contributed by atoms with Crippen molar-refractivity contribution in [1.29, 1.82) is 0 Å². The van der Waals surface area contributed by atoms with Crippen LogP contribution in [0.4, 0.5) is 11.5 Å². The highest BCUT2D eigenvalue weighted by atomic mass is 16.5. The third-order valence-corrected chi connectivity index (χ3v) is 6.19. The predicted octanol–water partition coefficient (Wildman–Crippen LogP) is 3.35. The Morgan fingerprint density at radius 1 is 1.19 bits per heavy atom. The molecule has 8 heteroatoms. The Bertz CT molecular complexity index is 1050. The molecule has 0 unspecified atom stereocenters. The van der Waals surface area contributed by atoms with Gasteiger partial charge in [-0.25, -0.2) is 4.98 Å². The van der Waals surface area contributed by atoms with E-state index in [2.05, 4.69) is 25.5 Å². The molecule has 1 amide bonds. The average Bonchev–Trinajstić information content (AvgIpc) is 3.27. The number of aromatic amines is 1. The lowest BCUT2D eigenvalue weighted by Gasteiger charge is -2.32. The molecular formula is C24H28N6O2. The minimum Gasteiger partial charge on any atom is -0.368 e. The van der Waals surface area contributed by atoms with Crippen LogP contribution in [-0.4, -0.2) is 50.7 Å². The van der Waals surface area contributed by atoms with E-state index in [0.29, 0.717) is 32.5 Å². The van der Waals surface area contributed by atoms with E-state index >= 15 is 0 Å². The van der Waals surface area contributed by atoms with Gasteiger partial charge >= 0.3 is 0 Å². The van der Waals surface area contributed by atoms with E-state index in [1.807, 2.05) is 35.2 Å². The molecule has 1 aliphatic heterocycles.